The van der Waals surface area contributed by atoms with Crippen molar-refractivity contribution in [2.24, 2.45) is 0 Å². The highest BCUT2D eigenvalue weighted by molar-refractivity contribution is 5.70. The largest absolute Gasteiger partial charge is 0.479 e. The molecular weight excluding hydrogens is 267 g/mol. The molecule has 1 aromatic heterocycles. The zero-order valence-corrected chi connectivity index (χ0v) is 11.1. The molecule has 2 aliphatic rings. The van der Waals surface area contributed by atoms with Crippen molar-refractivity contribution in [1.82, 2.24) is 15.3 Å². The molecule has 3 rings (SSSR count). The molecule has 1 spiro atoms. The van der Waals surface area contributed by atoms with Crippen molar-refractivity contribution in [3.63, 3.8) is 0 Å². The first-order chi connectivity index (χ1) is 9.62. The van der Waals surface area contributed by atoms with Gasteiger partial charge < -0.3 is 19.7 Å². The van der Waals surface area contributed by atoms with Crippen LogP contribution in [-0.2, 0) is 4.74 Å². The van der Waals surface area contributed by atoms with Gasteiger partial charge in [0, 0.05) is 25.9 Å². The van der Waals surface area contributed by atoms with Crippen molar-refractivity contribution in [3.8, 4) is 5.88 Å². The van der Waals surface area contributed by atoms with Crippen LogP contribution in [-0.4, -0.2) is 48.4 Å². The summed E-state index contributed by atoms with van der Waals surface area (Å²) in [6, 6.07) is 0. The number of anilines is 1. The molecule has 3 heterocycles. The van der Waals surface area contributed by atoms with Crippen LogP contribution in [0.4, 0.5) is 15.1 Å². The van der Waals surface area contributed by atoms with Crippen LogP contribution < -0.4 is 15.0 Å². The highest BCUT2D eigenvalue weighted by atomic mass is 19.1. The Morgan fingerprint density at radius 2 is 2.25 bits per heavy atom. The topological polar surface area (TPSA) is 76.6 Å². The maximum atomic E-state index is 13.3. The van der Waals surface area contributed by atoms with E-state index in [4.69, 9.17) is 9.47 Å². The van der Waals surface area contributed by atoms with Gasteiger partial charge in [-0.25, -0.2) is 9.78 Å². The molecule has 8 heteroatoms. The highest BCUT2D eigenvalue weighted by Gasteiger charge is 2.43. The summed E-state index contributed by atoms with van der Waals surface area (Å²) in [5.74, 6) is -0.224. The van der Waals surface area contributed by atoms with Crippen molar-refractivity contribution in [3.05, 3.63) is 12.0 Å². The molecular formula is C12H15FN4O3. The van der Waals surface area contributed by atoms with Crippen molar-refractivity contribution < 1.29 is 18.7 Å². The summed E-state index contributed by atoms with van der Waals surface area (Å²) in [4.78, 5) is 21.1. The SMILES string of the molecule is COc1nc(N2CCC3(CC2)CNC(=O)O3)ncc1F. The van der Waals surface area contributed by atoms with Gasteiger partial charge in [0.1, 0.15) is 5.60 Å². The molecule has 1 aromatic rings. The van der Waals surface area contributed by atoms with Crippen LogP contribution in [0.15, 0.2) is 6.20 Å². The fraction of sp³-hybridized carbons (Fsp3) is 0.583. The van der Waals surface area contributed by atoms with E-state index in [0.29, 0.717) is 38.4 Å². The van der Waals surface area contributed by atoms with Gasteiger partial charge in [-0.15, -0.1) is 0 Å². The van der Waals surface area contributed by atoms with Crippen LogP contribution in [0.1, 0.15) is 12.8 Å². The second-order valence-corrected chi connectivity index (χ2v) is 4.94. The molecule has 0 aliphatic carbocycles. The Morgan fingerprint density at radius 3 is 2.85 bits per heavy atom. The van der Waals surface area contributed by atoms with E-state index in [-0.39, 0.29) is 12.0 Å². The minimum atomic E-state index is -0.585. The smallest absolute Gasteiger partial charge is 0.407 e. The van der Waals surface area contributed by atoms with Crippen LogP contribution in [0.3, 0.4) is 0 Å². The lowest BCUT2D eigenvalue weighted by Gasteiger charge is -2.37. The molecule has 0 unspecified atom stereocenters. The summed E-state index contributed by atoms with van der Waals surface area (Å²) in [7, 11) is 1.37. The molecule has 2 saturated heterocycles. The predicted molar refractivity (Wildman–Crippen MR) is 67.2 cm³/mol. The van der Waals surface area contributed by atoms with E-state index < -0.39 is 11.4 Å². The van der Waals surface area contributed by atoms with E-state index in [2.05, 4.69) is 15.3 Å². The van der Waals surface area contributed by atoms with Gasteiger partial charge in [0.25, 0.3) is 5.88 Å². The van der Waals surface area contributed by atoms with Gasteiger partial charge in [0.2, 0.25) is 11.8 Å². The number of rotatable bonds is 2. The number of aromatic nitrogens is 2. The fourth-order valence-corrected chi connectivity index (χ4v) is 2.53. The van der Waals surface area contributed by atoms with Crippen LogP contribution >= 0.6 is 0 Å². The summed E-state index contributed by atoms with van der Waals surface area (Å²) < 4.78 is 23.5. The molecule has 2 aliphatic heterocycles. The van der Waals surface area contributed by atoms with E-state index in [1.165, 1.54) is 7.11 Å². The number of nitrogens with one attached hydrogen (secondary N) is 1. The third kappa shape index (κ3) is 2.21. The standard InChI is InChI=1S/C12H15FN4O3/c1-19-9-8(13)6-14-10(16-9)17-4-2-12(3-5-17)7-15-11(18)20-12/h6H,2-5,7H2,1H3,(H,15,18). The molecule has 0 atom stereocenters. The van der Waals surface area contributed by atoms with Gasteiger partial charge in [-0.3, -0.25) is 0 Å². The summed E-state index contributed by atoms with van der Waals surface area (Å²) >= 11 is 0. The number of carbonyl (C=O) groups excluding carboxylic acids is 1. The van der Waals surface area contributed by atoms with Crippen molar-refractivity contribution >= 4 is 12.0 Å². The second-order valence-electron chi connectivity index (χ2n) is 4.94. The molecule has 0 bridgehead atoms. The third-order valence-corrected chi connectivity index (χ3v) is 3.71. The fourth-order valence-electron chi connectivity index (χ4n) is 2.53. The van der Waals surface area contributed by atoms with E-state index in [1.807, 2.05) is 4.90 Å². The Hall–Kier alpha value is -2.12. The van der Waals surface area contributed by atoms with E-state index in [9.17, 15) is 9.18 Å². The second kappa shape index (κ2) is 4.77. The lowest BCUT2D eigenvalue weighted by Crippen LogP contribution is -2.47. The number of alkyl carbamates (subject to hydrolysis) is 1. The Kier molecular flexibility index (Phi) is 3.07. The van der Waals surface area contributed by atoms with Crippen molar-refractivity contribution in [2.75, 3.05) is 31.6 Å². The molecule has 108 valence electrons. The van der Waals surface area contributed by atoms with Crippen molar-refractivity contribution in [2.45, 2.75) is 18.4 Å². The van der Waals surface area contributed by atoms with E-state index in [1.54, 1.807) is 0 Å². The summed E-state index contributed by atoms with van der Waals surface area (Å²) in [6.45, 7) is 1.82. The average Bonchev–Trinajstić information content (AvgIpc) is 2.81. The van der Waals surface area contributed by atoms with Gasteiger partial charge in [0.05, 0.1) is 19.9 Å². The number of hydrogen-bond donors (Lipinski definition) is 1. The minimum absolute atomic E-state index is 0.0655. The maximum absolute atomic E-state index is 13.3. The monoisotopic (exact) mass is 282 g/mol. The Bertz CT molecular complexity index is 531. The average molecular weight is 282 g/mol. The van der Waals surface area contributed by atoms with Gasteiger partial charge in [0.15, 0.2) is 0 Å². The first-order valence-electron chi connectivity index (χ1n) is 6.40. The van der Waals surface area contributed by atoms with Crippen LogP contribution in [0, 0.1) is 5.82 Å². The number of nitrogens with zero attached hydrogens (tertiary/aromatic N) is 3. The number of piperidine rings is 1. The van der Waals surface area contributed by atoms with Crippen LogP contribution in [0.5, 0.6) is 5.88 Å². The van der Waals surface area contributed by atoms with Gasteiger partial charge in [-0.1, -0.05) is 0 Å². The highest BCUT2D eigenvalue weighted by Crippen LogP contribution is 2.30. The Morgan fingerprint density at radius 1 is 1.50 bits per heavy atom. The Balaban J connectivity index is 1.70. The normalized spacial score (nSPS) is 20.7. The first-order valence-corrected chi connectivity index (χ1v) is 6.40. The zero-order chi connectivity index (χ0) is 14.2. The lowest BCUT2D eigenvalue weighted by molar-refractivity contribution is 0.0364. The number of carbonyl (C=O) groups is 1. The summed E-state index contributed by atoms with van der Waals surface area (Å²) in [6.07, 6.45) is 2.12. The van der Waals surface area contributed by atoms with Gasteiger partial charge >= 0.3 is 6.09 Å². The van der Waals surface area contributed by atoms with E-state index in [0.717, 1.165) is 6.20 Å². The molecule has 20 heavy (non-hydrogen) atoms. The molecule has 1 N–H and O–H groups in total. The number of amides is 1. The summed E-state index contributed by atoms with van der Waals surface area (Å²) in [5, 5.41) is 2.68. The van der Waals surface area contributed by atoms with Gasteiger partial charge in [-0.2, -0.15) is 9.37 Å². The van der Waals surface area contributed by atoms with Crippen molar-refractivity contribution in [1.29, 1.82) is 0 Å². The number of methoxy groups -OCH3 is 1. The molecule has 0 radical (unpaired) electrons. The summed E-state index contributed by atoms with van der Waals surface area (Å²) in [5.41, 5.74) is -0.419. The lowest BCUT2D eigenvalue weighted by atomic mass is 9.92. The van der Waals surface area contributed by atoms with Crippen LogP contribution in [0.25, 0.3) is 0 Å². The predicted octanol–water partition coefficient (Wildman–Crippen LogP) is 0.703. The third-order valence-electron chi connectivity index (χ3n) is 3.71. The number of hydrogen-bond acceptors (Lipinski definition) is 6. The molecule has 1 amide bonds. The molecule has 0 aromatic carbocycles. The van der Waals surface area contributed by atoms with Gasteiger partial charge in [-0.05, 0) is 0 Å². The quantitative estimate of drug-likeness (QED) is 0.860. The molecule has 2 fully saturated rings. The molecule has 7 nitrogen and oxygen atoms in total. The number of halogens is 1. The van der Waals surface area contributed by atoms with E-state index >= 15 is 0 Å². The maximum Gasteiger partial charge on any atom is 0.407 e. The number of ether oxygens (including phenoxy) is 2. The Labute approximate surface area is 115 Å². The van der Waals surface area contributed by atoms with Crippen LogP contribution in [0.2, 0.25) is 0 Å². The minimum Gasteiger partial charge on any atom is -0.479 e. The molecule has 0 saturated carbocycles. The first kappa shape index (κ1) is 12.9. The zero-order valence-electron chi connectivity index (χ0n) is 11.1.